The van der Waals surface area contributed by atoms with E-state index in [2.05, 4.69) is 5.32 Å². The number of hydrogen-bond donors (Lipinski definition) is 3. The van der Waals surface area contributed by atoms with Gasteiger partial charge in [0.1, 0.15) is 0 Å². The van der Waals surface area contributed by atoms with Crippen molar-refractivity contribution >= 4 is 5.91 Å². The second-order valence-corrected chi connectivity index (χ2v) is 4.63. The molecule has 0 bridgehead atoms. The Kier molecular flexibility index (Phi) is 6.42. The number of rotatable bonds is 6. The lowest BCUT2D eigenvalue weighted by Crippen LogP contribution is -2.36. The molecule has 4 nitrogen and oxygen atoms in total. The van der Waals surface area contributed by atoms with Gasteiger partial charge in [-0.3, -0.25) is 4.79 Å². The van der Waals surface area contributed by atoms with Crippen LogP contribution in [0.2, 0.25) is 0 Å². The Bertz CT molecular complexity index is 202. The van der Waals surface area contributed by atoms with Gasteiger partial charge in [0, 0.05) is 12.5 Å². The van der Waals surface area contributed by atoms with Gasteiger partial charge in [-0.05, 0) is 25.7 Å². The average molecular weight is 229 g/mol. The van der Waals surface area contributed by atoms with Crippen LogP contribution in [0.15, 0.2) is 0 Å². The van der Waals surface area contributed by atoms with Crippen LogP contribution < -0.4 is 5.32 Å². The molecule has 1 fully saturated rings. The van der Waals surface area contributed by atoms with E-state index in [0.717, 1.165) is 12.8 Å². The molecule has 0 aliphatic heterocycles. The molecule has 0 spiro atoms. The summed E-state index contributed by atoms with van der Waals surface area (Å²) in [6, 6.07) is 0.365. The highest BCUT2D eigenvalue weighted by molar-refractivity contribution is 5.76. The van der Waals surface area contributed by atoms with Crippen LogP contribution in [0.4, 0.5) is 0 Å². The zero-order valence-electron chi connectivity index (χ0n) is 9.82. The topological polar surface area (TPSA) is 69.6 Å². The lowest BCUT2D eigenvalue weighted by atomic mass is 9.95. The summed E-state index contributed by atoms with van der Waals surface area (Å²) in [6.07, 6.45) is 6.83. The van der Waals surface area contributed by atoms with Crippen LogP contribution in [0.1, 0.15) is 51.4 Å². The number of aliphatic hydroxyl groups is 2. The maximum atomic E-state index is 11.5. The quantitative estimate of drug-likeness (QED) is 0.635. The Labute approximate surface area is 97.0 Å². The first-order valence-electron chi connectivity index (χ1n) is 6.30. The first kappa shape index (κ1) is 13.5. The fourth-order valence-corrected chi connectivity index (χ4v) is 2.14. The van der Waals surface area contributed by atoms with E-state index in [9.17, 15) is 4.79 Å². The van der Waals surface area contributed by atoms with Gasteiger partial charge in [0.15, 0.2) is 0 Å². The molecule has 0 aromatic heterocycles. The van der Waals surface area contributed by atoms with Crippen LogP contribution in [0, 0.1) is 0 Å². The van der Waals surface area contributed by atoms with Crippen LogP contribution in [0.25, 0.3) is 0 Å². The minimum Gasteiger partial charge on any atom is -0.394 e. The molecule has 1 aliphatic rings. The van der Waals surface area contributed by atoms with Crippen LogP contribution in [0.3, 0.4) is 0 Å². The molecule has 1 amide bonds. The van der Waals surface area contributed by atoms with E-state index in [1.54, 1.807) is 0 Å². The second-order valence-electron chi connectivity index (χ2n) is 4.63. The van der Waals surface area contributed by atoms with Crippen molar-refractivity contribution in [1.29, 1.82) is 0 Å². The molecule has 0 aromatic carbocycles. The molecule has 1 saturated carbocycles. The Morgan fingerprint density at radius 1 is 1.31 bits per heavy atom. The van der Waals surface area contributed by atoms with E-state index < -0.39 is 6.10 Å². The summed E-state index contributed by atoms with van der Waals surface area (Å²) in [7, 11) is 0. The number of aliphatic hydroxyl groups excluding tert-OH is 2. The number of carbonyl (C=O) groups is 1. The van der Waals surface area contributed by atoms with Crippen molar-refractivity contribution in [3.05, 3.63) is 0 Å². The van der Waals surface area contributed by atoms with Crippen molar-refractivity contribution in [3.63, 3.8) is 0 Å². The standard InChI is InChI=1S/C12H23NO3/c14-9-11(15)7-4-8-12(16)13-10-5-2-1-3-6-10/h10-11,14-15H,1-9H2,(H,13,16). The molecular formula is C12H23NO3. The van der Waals surface area contributed by atoms with Crippen molar-refractivity contribution in [2.24, 2.45) is 0 Å². The number of nitrogens with one attached hydrogen (secondary N) is 1. The number of carbonyl (C=O) groups excluding carboxylic acids is 1. The van der Waals surface area contributed by atoms with Gasteiger partial charge in [0.05, 0.1) is 12.7 Å². The highest BCUT2D eigenvalue weighted by Gasteiger charge is 2.15. The van der Waals surface area contributed by atoms with Crippen molar-refractivity contribution < 1.29 is 15.0 Å². The third-order valence-corrected chi connectivity index (χ3v) is 3.12. The molecule has 3 N–H and O–H groups in total. The Balaban J connectivity index is 2.05. The molecule has 0 saturated heterocycles. The van der Waals surface area contributed by atoms with Gasteiger partial charge >= 0.3 is 0 Å². The van der Waals surface area contributed by atoms with Crippen LogP contribution >= 0.6 is 0 Å². The Hall–Kier alpha value is -0.610. The lowest BCUT2D eigenvalue weighted by Gasteiger charge is -2.22. The van der Waals surface area contributed by atoms with E-state index in [1.165, 1.54) is 19.3 Å². The highest BCUT2D eigenvalue weighted by Crippen LogP contribution is 2.17. The van der Waals surface area contributed by atoms with Gasteiger partial charge in [0.2, 0.25) is 5.91 Å². The first-order valence-corrected chi connectivity index (χ1v) is 6.30. The van der Waals surface area contributed by atoms with E-state index in [-0.39, 0.29) is 12.5 Å². The predicted octanol–water partition coefficient (Wildman–Crippen LogP) is 0.959. The van der Waals surface area contributed by atoms with Gasteiger partial charge in [0.25, 0.3) is 0 Å². The summed E-state index contributed by atoms with van der Waals surface area (Å²) in [6.45, 7) is -0.218. The minimum atomic E-state index is -0.678. The number of hydrogen-bond acceptors (Lipinski definition) is 3. The van der Waals surface area contributed by atoms with Crippen LogP contribution in [0.5, 0.6) is 0 Å². The summed E-state index contributed by atoms with van der Waals surface area (Å²) in [5.74, 6) is 0.0806. The fraction of sp³-hybridized carbons (Fsp3) is 0.917. The van der Waals surface area contributed by atoms with Gasteiger partial charge in [-0.15, -0.1) is 0 Å². The summed E-state index contributed by atoms with van der Waals surface area (Å²) in [4.78, 5) is 11.5. The first-order chi connectivity index (χ1) is 7.72. The lowest BCUT2D eigenvalue weighted by molar-refractivity contribution is -0.122. The molecule has 0 radical (unpaired) electrons. The predicted molar refractivity (Wildman–Crippen MR) is 62.0 cm³/mol. The van der Waals surface area contributed by atoms with Crippen molar-refractivity contribution in [2.75, 3.05) is 6.61 Å². The van der Waals surface area contributed by atoms with Crippen molar-refractivity contribution in [2.45, 2.75) is 63.5 Å². The normalized spacial score (nSPS) is 19.4. The zero-order chi connectivity index (χ0) is 11.8. The van der Waals surface area contributed by atoms with E-state index in [0.29, 0.717) is 25.3 Å². The third-order valence-electron chi connectivity index (χ3n) is 3.12. The van der Waals surface area contributed by atoms with Gasteiger partial charge in [-0.1, -0.05) is 19.3 Å². The van der Waals surface area contributed by atoms with Gasteiger partial charge < -0.3 is 15.5 Å². The maximum Gasteiger partial charge on any atom is 0.220 e. The summed E-state index contributed by atoms with van der Waals surface area (Å²) in [5.41, 5.74) is 0. The monoisotopic (exact) mass is 229 g/mol. The fourth-order valence-electron chi connectivity index (χ4n) is 2.14. The van der Waals surface area contributed by atoms with E-state index >= 15 is 0 Å². The van der Waals surface area contributed by atoms with Crippen LogP contribution in [-0.2, 0) is 4.79 Å². The van der Waals surface area contributed by atoms with Crippen molar-refractivity contribution in [3.8, 4) is 0 Å². The molecular weight excluding hydrogens is 206 g/mol. The molecule has 0 aromatic rings. The highest BCUT2D eigenvalue weighted by atomic mass is 16.3. The summed E-state index contributed by atoms with van der Waals surface area (Å²) >= 11 is 0. The van der Waals surface area contributed by atoms with Gasteiger partial charge in [-0.25, -0.2) is 0 Å². The SMILES string of the molecule is O=C(CCCC(O)CO)NC1CCCCC1. The zero-order valence-corrected chi connectivity index (χ0v) is 9.82. The molecule has 94 valence electrons. The average Bonchev–Trinajstić information content (AvgIpc) is 2.30. The van der Waals surface area contributed by atoms with E-state index in [4.69, 9.17) is 10.2 Å². The molecule has 16 heavy (non-hydrogen) atoms. The minimum absolute atomic E-state index is 0.0806. The van der Waals surface area contributed by atoms with Crippen LogP contribution in [-0.4, -0.2) is 34.9 Å². The Morgan fingerprint density at radius 3 is 2.62 bits per heavy atom. The largest absolute Gasteiger partial charge is 0.394 e. The molecule has 1 aliphatic carbocycles. The maximum absolute atomic E-state index is 11.5. The molecule has 4 heteroatoms. The van der Waals surface area contributed by atoms with E-state index in [1.807, 2.05) is 0 Å². The van der Waals surface area contributed by atoms with Gasteiger partial charge in [-0.2, -0.15) is 0 Å². The third kappa shape index (κ3) is 5.47. The molecule has 0 heterocycles. The molecule has 1 rings (SSSR count). The number of amides is 1. The summed E-state index contributed by atoms with van der Waals surface area (Å²) in [5, 5.41) is 20.7. The van der Waals surface area contributed by atoms with Crippen molar-refractivity contribution in [1.82, 2.24) is 5.32 Å². The summed E-state index contributed by atoms with van der Waals surface area (Å²) < 4.78 is 0. The smallest absolute Gasteiger partial charge is 0.220 e. The molecule has 1 unspecified atom stereocenters. The second kappa shape index (κ2) is 7.63. The molecule has 1 atom stereocenters. The Morgan fingerprint density at radius 2 is 2.00 bits per heavy atom.